The Morgan fingerprint density at radius 1 is 1.50 bits per heavy atom. The van der Waals surface area contributed by atoms with Crippen molar-refractivity contribution in [3.63, 3.8) is 0 Å². The standard InChI is InChI=1S/C11H16O6S.2Na/c1-3-8(4-7(2)11(12)13)10-5-9(6-15-10)18-17-16-14;;/h5-8,14H,3-4H2,1-2H3,(H,12,13);;/q;2*+1/p-2. The van der Waals surface area contributed by atoms with Gasteiger partial charge in [-0.2, -0.15) is 4.33 Å². The van der Waals surface area contributed by atoms with Crippen molar-refractivity contribution in [1.29, 1.82) is 0 Å². The Hall–Kier alpha value is 0.980. The van der Waals surface area contributed by atoms with Crippen LogP contribution in [0.1, 0.15) is 38.4 Å². The minimum absolute atomic E-state index is 0. The predicted octanol–water partition coefficient (Wildman–Crippen LogP) is -5.21. The van der Waals surface area contributed by atoms with Crippen LogP contribution in [0.25, 0.3) is 0 Å². The minimum atomic E-state index is -1.07. The van der Waals surface area contributed by atoms with E-state index in [1.165, 1.54) is 6.26 Å². The second-order valence-corrected chi connectivity index (χ2v) is 4.74. The molecule has 20 heavy (non-hydrogen) atoms. The Kier molecular flexibility index (Phi) is 14.6. The Labute approximate surface area is 166 Å². The molecule has 0 saturated heterocycles. The molecule has 2 atom stereocenters. The van der Waals surface area contributed by atoms with Gasteiger partial charge in [0.25, 0.3) is 0 Å². The van der Waals surface area contributed by atoms with Gasteiger partial charge in [-0.25, -0.2) is 0 Å². The van der Waals surface area contributed by atoms with Gasteiger partial charge in [-0.3, -0.25) is 5.04 Å². The molecule has 102 valence electrons. The van der Waals surface area contributed by atoms with Gasteiger partial charge < -0.3 is 19.6 Å². The van der Waals surface area contributed by atoms with Gasteiger partial charge in [0.2, 0.25) is 0 Å². The van der Waals surface area contributed by atoms with Crippen LogP contribution in [0, 0.1) is 5.92 Å². The first-order valence-electron chi connectivity index (χ1n) is 5.50. The van der Waals surface area contributed by atoms with Crippen molar-refractivity contribution in [1.82, 2.24) is 0 Å². The van der Waals surface area contributed by atoms with Crippen LogP contribution < -0.4 is 69.5 Å². The van der Waals surface area contributed by atoms with E-state index >= 15 is 0 Å². The molecule has 0 fully saturated rings. The zero-order valence-electron chi connectivity index (χ0n) is 12.1. The molecule has 0 amide bonds. The van der Waals surface area contributed by atoms with Crippen molar-refractivity contribution < 1.29 is 88.1 Å². The molecule has 0 N–H and O–H groups in total. The summed E-state index contributed by atoms with van der Waals surface area (Å²) in [7, 11) is 0. The fourth-order valence-corrected chi connectivity index (χ4v) is 2.01. The van der Waals surface area contributed by atoms with E-state index in [0.717, 1.165) is 18.5 Å². The maximum absolute atomic E-state index is 10.7. The number of carboxylic acid groups (broad SMARTS) is 1. The fourth-order valence-electron chi connectivity index (χ4n) is 1.65. The van der Waals surface area contributed by atoms with E-state index < -0.39 is 11.9 Å². The summed E-state index contributed by atoms with van der Waals surface area (Å²) < 4.78 is 9.49. The van der Waals surface area contributed by atoms with Crippen LogP contribution in [-0.4, -0.2) is 5.97 Å². The second kappa shape index (κ2) is 12.5. The van der Waals surface area contributed by atoms with E-state index in [0.29, 0.717) is 17.1 Å². The summed E-state index contributed by atoms with van der Waals surface area (Å²) in [5, 5.41) is 23.6. The summed E-state index contributed by atoms with van der Waals surface area (Å²) >= 11 is 0.737. The van der Waals surface area contributed by atoms with Crippen molar-refractivity contribution in [2.75, 3.05) is 0 Å². The maximum Gasteiger partial charge on any atom is 1.00 e. The average Bonchev–Trinajstić information content (AvgIpc) is 2.81. The molecule has 1 aromatic rings. The first kappa shape index (κ1) is 23.2. The summed E-state index contributed by atoms with van der Waals surface area (Å²) in [6.45, 7) is 3.55. The van der Waals surface area contributed by atoms with E-state index in [1.807, 2.05) is 6.92 Å². The summed E-state index contributed by atoms with van der Waals surface area (Å²) in [5.74, 6) is -0.974. The molecule has 0 aliphatic rings. The topological polar surface area (TPSA) is 94.8 Å². The van der Waals surface area contributed by atoms with E-state index in [4.69, 9.17) is 4.42 Å². The number of carboxylic acids is 1. The quantitative estimate of drug-likeness (QED) is 0.204. The zero-order valence-corrected chi connectivity index (χ0v) is 16.9. The summed E-state index contributed by atoms with van der Waals surface area (Å²) in [6, 6.07) is 1.69. The van der Waals surface area contributed by atoms with Crippen molar-refractivity contribution in [3.8, 4) is 0 Å². The molecule has 2 unspecified atom stereocenters. The Bertz CT molecular complexity index is 387. The first-order valence-corrected chi connectivity index (χ1v) is 6.25. The maximum atomic E-state index is 10.7. The molecule has 0 aliphatic carbocycles. The normalized spacial score (nSPS) is 12.9. The largest absolute Gasteiger partial charge is 1.00 e. The van der Waals surface area contributed by atoms with Crippen LogP contribution in [0.15, 0.2) is 21.6 Å². The molecule has 9 heteroatoms. The molecule has 0 spiro atoms. The van der Waals surface area contributed by atoms with Gasteiger partial charge >= 0.3 is 59.1 Å². The Morgan fingerprint density at radius 2 is 2.15 bits per heavy atom. The molecule has 0 radical (unpaired) electrons. The first-order chi connectivity index (χ1) is 8.58. The molecule has 1 aromatic heterocycles. The van der Waals surface area contributed by atoms with Crippen LogP contribution in [0.3, 0.4) is 0 Å². The molecule has 0 bridgehead atoms. The van der Waals surface area contributed by atoms with Crippen molar-refractivity contribution >= 4 is 18.0 Å². The number of carbonyl (C=O) groups excluding carboxylic acids is 1. The van der Waals surface area contributed by atoms with Crippen LogP contribution in [0.4, 0.5) is 0 Å². The third-order valence-corrected chi connectivity index (χ3v) is 3.22. The Morgan fingerprint density at radius 3 is 2.65 bits per heavy atom. The van der Waals surface area contributed by atoms with Crippen LogP contribution in [0.2, 0.25) is 0 Å². The monoisotopic (exact) mass is 320 g/mol. The minimum Gasteiger partial charge on any atom is -0.691 e. The van der Waals surface area contributed by atoms with Gasteiger partial charge in [0.05, 0.1) is 16.9 Å². The molecular formula is C11H14Na2O6S. The van der Waals surface area contributed by atoms with Gasteiger partial charge in [0.1, 0.15) is 12.0 Å². The number of furan rings is 1. The molecule has 1 heterocycles. The SMILES string of the molecule is CCC(CC(C)C(=O)[O-])c1cc(SOO[O-])co1.[Na+].[Na+]. The van der Waals surface area contributed by atoms with Gasteiger partial charge in [0, 0.05) is 11.9 Å². The molecular weight excluding hydrogens is 306 g/mol. The van der Waals surface area contributed by atoms with Gasteiger partial charge in [-0.15, -0.1) is 0 Å². The summed E-state index contributed by atoms with van der Waals surface area (Å²) in [6.07, 6.45) is 2.61. The van der Waals surface area contributed by atoms with Crippen molar-refractivity contribution in [2.24, 2.45) is 5.92 Å². The van der Waals surface area contributed by atoms with E-state index in [-0.39, 0.29) is 65.0 Å². The van der Waals surface area contributed by atoms with Crippen LogP contribution in [0.5, 0.6) is 0 Å². The fraction of sp³-hybridized carbons (Fsp3) is 0.545. The molecule has 6 nitrogen and oxygen atoms in total. The number of hydrogen-bond donors (Lipinski definition) is 0. The van der Waals surface area contributed by atoms with Crippen molar-refractivity contribution in [3.05, 3.63) is 18.1 Å². The molecule has 1 rings (SSSR count). The zero-order chi connectivity index (χ0) is 13.5. The second-order valence-electron chi connectivity index (χ2n) is 3.97. The number of hydrogen-bond acceptors (Lipinski definition) is 7. The number of aliphatic carboxylic acids is 1. The third-order valence-electron chi connectivity index (χ3n) is 2.69. The van der Waals surface area contributed by atoms with Crippen LogP contribution in [-0.2, 0) is 14.2 Å². The van der Waals surface area contributed by atoms with Crippen LogP contribution >= 0.6 is 12.0 Å². The molecule has 0 aliphatic heterocycles. The number of carbonyl (C=O) groups is 1. The van der Waals surface area contributed by atoms with E-state index in [9.17, 15) is 15.2 Å². The van der Waals surface area contributed by atoms with E-state index in [1.54, 1.807) is 13.0 Å². The van der Waals surface area contributed by atoms with Gasteiger partial charge in [-0.1, -0.05) is 13.8 Å². The Balaban J connectivity index is 0. The summed E-state index contributed by atoms with van der Waals surface area (Å²) in [5.41, 5.74) is 0. The van der Waals surface area contributed by atoms with E-state index in [2.05, 4.69) is 9.37 Å². The smallest absolute Gasteiger partial charge is 0.691 e. The molecule has 0 saturated carbocycles. The van der Waals surface area contributed by atoms with Crippen molar-refractivity contribution in [2.45, 2.75) is 37.5 Å². The van der Waals surface area contributed by atoms with Gasteiger partial charge in [0.15, 0.2) is 0 Å². The average molecular weight is 320 g/mol. The summed E-state index contributed by atoms with van der Waals surface area (Å²) in [4.78, 5) is 11.3. The third kappa shape index (κ3) is 7.84. The number of rotatable bonds is 8. The van der Waals surface area contributed by atoms with Gasteiger partial charge in [-0.05, 0) is 24.8 Å². The molecule has 0 aromatic carbocycles. The predicted molar refractivity (Wildman–Crippen MR) is 58.6 cm³/mol.